The molecule has 0 spiro atoms. The van der Waals surface area contributed by atoms with Gasteiger partial charge < -0.3 is 4.90 Å². The Kier molecular flexibility index (Phi) is 4.18. The first-order valence-corrected chi connectivity index (χ1v) is 6.09. The van der Waals surface area contributed by atoms with E-state index in [4.69, 9.17) is 0 Å². The molecule has 0 saturated carbocycles. The first-order valence-electron chi connectivity index (χ1n) is 6.09. The summed E-state index contributed by atoms with van der Waals surface area (Å²) in [6.45, 7) is 1.95. The van der Waals surface area contributed by atoms with E-state index in [0.29, 0.717) is 6.42 Å². The number of amides is 1. The molecule has 0 aliphatic carbocycles. The highest BCUT2D eigenvalue weighted by atomic mass is 16.2. The van der Waals surface area contributed by atoms with Crippen LogP contribution in [0.5, 0.6) is 0 Å². The van der Waals surface area contributed by atoms with Gasteiger partial charge >= 0.3 is 0 Å². The van der Waals surface area contributed by atoms with Crippen LogP contribution in [0.2, 0.25) is 0 Å². The third-order valence-corrected chi connectivity index (χ3v) is 3.09. The Labute approximate surface area is 112 Å². The van der Waals surface area contributed by atoms with Crippen LogP contribution in [0.1, 0.15) is 24.2 Å². The van der Waals surface area contributed by atoms with E-state index in [1.165, 1.54) is 6.33 Å². The van der Waals surface area contributed by atoms with Crippen molar-refractivity contribution < 1.29 is 4.79 Å². The molecule has 1 amide bonds. The number of hydrogen-bond donors (Lipinski definition) is 0. The summed E-state index contributed by atoms with van der Waals surface area (Å²) in [5.74, 6) is 0.0408. The van der Waals surface area contributed by atoms with Gasteiger partial charge in [0.2, 0.25) is 5.91 Å². The van der Waals surface area contributed by atoms with Crippen molar-refractivity contribution in [2.24, 2.45) is 0 Å². The van der Waals surface area contributed by atoms with Crippen molar-refractivity contribution >= 4 is 5.91 Å². The SMILES string of the molecule is CC(c1ccncn1)N(C)C(=O)Cc1cccnc1. The Bertz CT molecular complexity index is 530. The van der Waals surface area contributed by atoms with Crippen LogP contribution in [-0.2, 0) is 11.2 Å². The number of likely N-dealkylation sites (N-methyl/N-ethyl adjacent to an activating group) is 1. The molecule has 0 aromatic carbocycles. The molecule has 0 fully saturated rings. The molecule has 2 aromatic rings. The van der Waals surface area contributed by atoms with Gasteiger partial charge in [-0.05, 0) is 24.6 Å². The monoisotopic (exact) mass is 256 g/mol. The summed E-state index contributed by atoms with van der Waals surface area (Å²) in [7, 11) is 1.78. The van der Waals surface area contributed by atoms with Gasteiger partial charge in [-0.3, -0.25) is 9.78 Å². The standard InChI is InChI=1S/C14H16N4O/c1-11(13-5-7-16-10-17-13)18(2)14(19)8-12-4-3-6-15-9-12/h3-7,9-11H,8H2,1-2H3. The second-order valence-corrected chi connectivity index (χ2v) is 4.35. The second-order valence-electron chi connectivity index (χ2n) is 4.35. The minimum Gasteiger partial charge on any atom is -0.337 e. The molecule has 2 aromatic heterocycles. The third kappa shape index (κ3) is 3.34. The summed E-state index contributed by atoms with van der Waals surface area (Å²) in [5, 5.41) is 0. The Morgan fingerprint density at radius 1 is 1.32 bits per heavy atom. The highest BCUT2D eigenvalue weighted by Gasteiger charge is 2.18. The maximum Gasteiger partial charge on any atom is 0.227 e. The Balaban J connectivity index is 2.03. The topological polar surface area (TPSA) is 59.0 Å². The molecule has 1 unspecified atom stereocenters. The van der Waals surface area contributed by atoms with Crippen molar-refractivity contribution in [3.8, 4) is 0 Å². The fourth-order valence-corrected chi connectivity index (χ4v) is 1.76. The van der Waals surface area contributed by atoms with E-state index < -0.39 is 0 Å². The molecule has 0 radical (unpaired) electrons. The lowest BCUT2D eigenvalue weighted by molar-refractivity contribution is -0.131. The van der Waals surface area contributed by atoms with Crippen molar-refractivity contribution in [1.82, 2.24) is 19.9 Å². The lowest BCUT2D eigenvalue weighted by Crippen LogP contribution is -2.31. The minimum absolute atomic E-state index is 0.0408. The number of carbonyl (C=O) groups excluding carboxylic acids is 1. The molecule has 2 rings (SSSR count). The van der Waals surface area contributed by atoms with Gasteiger partial charge in [-0.15, -0.1) is 0 Å². The quantitative estimate of drug-likeness (QED) is 0.834. The predicted octanol–water partition coefficient (Wildman–Crippen LogP) is 1.63. The van der Waals surface area contributed by atoms with Crippen molar-refractivity contribution in [2.75, 3.05) is 7.05 Å². The van der Waals surface area contributed by atoms with E-state index in [1.807, 2.05) is 25.1 Å². The molecule has 0 bridgehead atoms. The molecule has 98 valence electrons. The fourth-order valence-electron chi connectivity index (χ4n) is 1.76. The fraction of sp³-hybridized carbons (Fsp3) is 0.286. The zero-order valence-corrected chi connectivity index (χ0v) is 11.0. The molecule has 2 heterocycles. The van der Waals surface area contributed by atoms with Gasteiger partial charge in [0.25, 0.3) is 0 Å². The molecule has 0 aliphatic rings. The van der Waals surface area contributed by atoms with Crippen LogP contribution < -0.4 is 0 Å². The van der Waals surface area contributed by atoms with Gasteiger partial charge in [-0.2, -0.15) is 0 Å². The summed E-state index contributed by atoms with van der Waals surface area (Å²) in [6.07, 6.45) is 6.92. The van der Waals surface area contributed by atoms with E-state index >= 15 is 0 Å². The summed E-state index contributed by atoms with van der Waals surface area (Å²) in [4.78, 5) is 25.9. The van der Waals surface area contributed by atoms with Gasteiger partial charge in [0.1, 0.15) is 6.33 Å². The summed E-state index contributed by atoms with van der Waals surface area (Å²) in [6, 6.07) is 5.47. The lowest BCUT2D eigenvalue weighted by Gasteiger charge is -2.24. The van der Waals surface area contributed by atoms with Crippen molar-refractivity contribution in [1.29, 1.82) is 0 Å². The number of nitrogens with zero attached hydrogens (tertiary/aromatic N) is 4. The molecule has 0 aliphatic heterocycles. The number of hydrogen-bond acceptors (Lipinski definition) is 4. The summed E-state index contributed by atoms with van der Waals surface area (Å²) in [5.41, 5.74) is 1.74. The molecule has 5 heteroatoms. The van der Waals surface area contributed by atoms with Crippen LogP contribution in [-0.4, -0.2) is 32.8 Å². The second kappa shape index (κ2) is 6.04. The minimum atomic E-state index is -0.0767. The molecule has 19 heavy (non-hydrogen) atoms. The zero-order valence-electron chi connectivity index (χ0n) is 11.0. The molecular formula is C14H16N4O. The van der Waals surface area contributed by atoms with Crippen LogP contribution in [0.3, 0.4) is 0 Å². The maximum absolute atomic E-state index is 12.2. The molecule has 1 atom stereocenters. The number of aromatic nitrogens is 3. The van der Waals surface area contributed by atoms with Crippen LogP contribution >= 0.6 is 0 Å². The average Bonchev–Trinajstić information content (AvgIpc) is 2.47. The van der Waals surface area contributed by atoms with E-state index in [2.05, 4.69) is 15.0 Å². The van der Waals surface area contributed by atoms with Crippen molar-refractivity contribution in [3.63, 3.8) is 0 Å². The number of pyridine rings is 1. The van der Waals surface area contributed by atoms with Crippen LogP contribution in [0.25, 0.3) is 0 Å². The normalized spacial score (nSPS) is 11.9. The molecule has 0 N–H and O–H groups in total. The van der Waals surface area contributed by atoms with Crippen molar-refractivity contribution in [2.45, 2.75) is 19.4 Å². The van der Waals surface area contributed by atoms with E-state index in [-0.39, 0.29) is 11.9 Å². The predicted molar refractivity (Wildman–Crippen MR) is 71.2 cm³/mol. The van der Waals surface area contributed by atoms with Gasteiger partial charge in [0.05, 0.1) is 18.2 Å². The first-order chi connectivity index (χ1) is 9.18. The van der Waals surface area contributed by atoms with Crippen LogP contribution in [0.4, 0.5) is 0 Å². The number of carbonyl (C=O) groups is 1. The molecule has 5 nitrogen and oxygen atoms in total. The van der Waals surface area contributed by atoms with Crippen LogP contribution in [0.15, 0.2) is 43.1 Å². The largest absolute Gasteiger partial charge is 0.337 e. The summed E-state index contributed by atoms with van der Waals surface area (Å²) >= 11 is 0. The first kappa shape index (κ1) is 13.1. The van der Waals surface area contributed by atoms with E-state index in [9.17, 15) is 4.79 Å². The Morgan fingerprint density at radius 3 is 2.79 bits per heavy atom. The zero-order chi connectivity index (χ0) is 13.7. The van der Waals surface area contributed by atoms with Crippen molar-refractivity contribution in [3.05, 3.63) is 54.4 Å². The number of rotatable bonds is 4. The summed E-state index contributed by atoms with van der Waals surface area (Å²) < 4.78 is 0. The van der Waals surface area contributed by atoms with Gasteiger partial charge in [-0.1, -0.05) is 6.07 Å². The van der Waals surface area contributed by atoms with Gasteiger partial charge in [0.15, 0.2) is 0 Å². The van der Waals surface area contributed by atoms with E-state index in [1.54, 1.807) is 30.5 Å². The average molecular weight is 256 g/mol. The third-order valence-electron chi connectivity index (χ3n) is 3.09. The molecule has 0 saturated heterocycles. The highest BCUT2D eigenvalue weighted by molar-refractivity contribution is 5.78. The Hall–Kier alpha value is -2.30. The van der Waals surface area contributed by atoms with Crippen LogP contribution in [0, 0.1) is 0 Å². The highest BCUT2D eigenvalue weighted by Crippen LogP contribution is 2.16. The lowest BCUT2D eigenvalue weighted by atomic mass is 10.1. The van der Waals surface area contributed by atoms with E-state index in [0.717, 1.165) is 11.3 Å². The van der Waals surface area contributed by atoms with Gasteiger partial charge in [-0.25, -0.2) is 9.97 Å². The Morgan fingerprint density at radius 2 is 2.16 bits per heavy atom. The molecular weight excluding hydrogens is 240 g/mol. The maximum atomic E-state index is 12.2. The van der Waals surface area contributed by atoms with Gasteiger partial charge in [0, 0.05) is 25.6 Å². The smallest absolute Gasteiger partial charge is 0.227 e.